The molecule has 0 amide bonds. The molecule has 1 aromatic heterocycles. The molecule has 0 radical (unpaired) electrons. The average Bonchev–Trinajstić information content (AvgIpc) is 2.55. The maximum atomic E-state index is 11.2. The molecular formula is C16H14N2O5. The first-order chi connectivity index (χ1) is 11.1. The van der Waals surface area contributed by atoms with Crippen LogP contribution >= 0.6 is 0 Å². The number of esters is 1. The quantitative estimate of drug-likeness (QED) is 0.351. The highest BCUT2D eigenvalue weighted by Crippen LogP contribution is 2.21. The second-order valence-corrected chi connectivity index (χ2v) is 4.37. The number of hydrogen-bond acceptors (Lipinski definition) is 6. The van der Waals surface area contributed by atoms with Gasteiger partial charge in [0.1, 0.15) is 11.9 Å². The van der Waals surface area contributed by atoms with Crippen LogP contribution < -0.4 is 4.74 Å². The third-order valence-electron chi connectivity index (χ3n) is 2.73. The third-order valence-corrected chi connectivity index (χ3v) is 2.73. The molecule has 1 heterocycles. The minimum Gasteiger partial charge on any atom is -0.463 e. The molecule has 0 saturated carbocycles. The Bertz CT molecular complexity index is 708. The highest BCUT2D eigenvalue weighted by atomic mass is 16.6. The minimum atomic E-state index is -0.526. The lowest BCUT2D eigenvalue weighted by atomic mass is 10.2. The number of pyridine rings is 1. The summed E-state index contributed by atoms with van der Waals surface area (Å²) in [4.78, 5) is 25.1. The van der Waals surface area contributed by atoms with Gasteiger partial charge < -0.3 is 9.47 Å². The first kappa shape index (κ1) is 16.2. The molecule has 118 valence electrons. The number of rotatable bonds is 6. The fourth-order valence-corrected chi connectivity index (χ4v) is 1.66. The van der Waals surface area contributed by atoms with Crippen LogP contribution in [0.3, 0.4) is 0 Å². The second kappa shape index (κ2) is 7.69. The summed E-state index contributed by atoms with van der Waals surface area (Å²) in [6.07, 6.45) is 4.11. The molecule has 0 unspecified atom stereocenters. The molecular weight excluding hydrogens is 300 g/mol. The van der Waals surface area contributed by atoms with Gasteiger partial charge in [0.15, 0.2) is 0 Å². The fourth-order valence-electron chi connectivity index (χ4n) is 1.66. The smallest absolute Gasteiger partial charge is 0.330 e. The summed E-state index contributed by atoms with van der Waals surface area (Å²) in [5.41, 5.74) is 0.707. The molecule has 7 heteroatoms. The maximum Gasteiger partial charge on any atom is 0.330 e. The SMILES string of the molecule is CCOC(=O)C=Cc1ccc(Oc2ccc([N+](=O)[O-])cn2)cc1. The van der Waals surface area contributed by atoms with Crippen molar-refractivity contribution < 1.29 is 19.2 Å². The van der Waals surface area contributed by atoms with Crippen LogP contribution in [0.4, 0.5) is 5.69 Å². The van der Waals surface area contributed by atoms with Crippen LogP contribution in [0.1, 0.15) is 12.5 Å². The summed E-state index contributed by atoms with van der Waals surface area (Å²) >= 11 is 0. The van der Waals surface area contributed by atoms with Crippen molar-refractivity contribution in [2.45, 2.75) is 6.92 Å². The average molecular weight is 314 g/mol. The number of carbonyl (C=O) groups is 1. The van der Waals surface area contributed by atoms with Crippen LogP contribution in [0.2, 0.25) is 0 Å². The summed E-state index contributed by atoms with van der Waals surface area (Å²) in [7, 11) is 0. The maximum absolute atomic E-state index is 11.2. The number of nitro groups is 1. The molecule has 0 saturated heterocycles. The van der Waals surface area contributed by atoms with E-state index < -0.39 is 10.9 Å². The number of aromatic nitrogens is 1. The largest absolute Gasteiger partial charge is 0.463 e. The Balaban J connectivity index is 1.99. The molecule has 1 aromatic carbocycles. The lowest BCUT2D eigenvalue weighted by molar-refractivity contribution is -0.385. The van der Waals surface area contributed by atoms with Crippen molar-refractivity contribution in [2.75, 3.05) is 6.61 Å². The Labute approximate surface area is 132 Å². The predicted octanol–water partition coefficient (Wildman–Crippen LogP) is 3.36. The van der Waals surface area contributed by atoms with Gasteiger partial charge in [-0.1, -0.05) is 12.1 Å². The van der Waals surface area contributed by atoms with Gasteiger partial charge in [0.25, 0.3) is 5.69 Å². The third kappa shape index (κ3) is 4.92. The van der Waals surface area contributed by atoms with Gasteiger partial charge in [0.05, 0.1) is 11.5 Å². The number of nitrogens with zero attached hydrogens (tertiary/aromatic N) is 2. The van der Waals surface area contributed by atoms with Crippen LogP contribution in [0, 0.1) is 10.1 Å². The van der Waals surface area contributed by atoms with Gasteiger partial charge in [-0.25, -0.2) is 9.78 Å². The topological polar surface area (TPSA) is 91.6 Å². The van der Waals surface area contributed by atoms with E-state index in [0.717, 1.165) is 11.8 Å². The van der Waals surface area contributed by atoms with Crippen molar-refractivity contribution in [3.8, 4) is 11.6 Å². The summed E-state index contributed by atoms with van der Waals surface area (Å²) in [5.74, 6) is 0.382. The van der Waals surface area contributed by atoms with Crippen molar-refractivity contribution >= 4 is 17.7 Å². The van der Waals surface area contributed by atoms with E-state index in [4.69, 9.17) is 9.47 Å². The normalized spacial score (nSPS) is 10.5. The molecule has 0 aliphatic heterocycles. The Hall–Kier alpha value is -3.22. The molecule has 0 aliphatic carbocycles. The molecule has 23 heavy (non-hydrogen) atoms. The van der Waals surface area contributed by atoms with E-state index in [1.165, 1.54) is 18.2 Å². The number of benzene rings is 1. The number of hydrogen-bond donors (Lipinski definition) is 0. The van der Waals surface area contributed by atoms with Crippen molar-refractivity contribution in [3.05, 3.63) is 64.3 Å². The van der Waals surface area contributed by atoms with E-state index in [1.807, 2.05) is 0 Å². The monoisotopic (exact) mass is 314 g/mol. The molecule has 0 fully saturated rings. The predicted molar refractivity (Wildman–Crippen MR) is 83.1 cm³/mol. The van der Waals surface area contributed by atoms with Crippen LogP contribution in [0.5, 0.6) is 11.6 Å². The first-order valence-electron chi connectivity index (χ1n) is 6.81. The first-order valence-corrected chi connectivity index (χ1v) is 6.81. The van der Waals surface area contributed by atoms with E-state index in [0.29, 0.717) is 12.4 Å². The van der Waals surface area contributed by atoms with Crippen LogP contribution in [-0.4, -0.2) is 22.5 Å². The van der Waals surface area contributed by atoms with Gasteiger partial charge in [-0.3, -0.25) is 10.1 Å². The fraction of sp³-hybridized carbons (Fsp3) is 0.125. The summed E-state index contributed by atoms with van der Waals surface area (Å²) in [5, 5.41) is 10.5. The number of ether oxygens (including phenoxy) is 2. The lowest BCUT2D eigenvalue weighted by Gasteiger charge is -2.04. The zero-order valence-electron chi connectivity index (χ0n) is 12.3. The van der Waals surface area contributed by atoms with Crippen molar-refractivity contribution in [1.82, 2.24) is 4.98 Å². The van der Waals surface area contributed by atoms with E-state index >= 15 is 0 Å². The summed E-state index contributed by atoms with van der Waals surface area (Å²) in [6, 6.07) is 9.67. The van der Waals surface area contributed by atoms with Crippen LogP contribution in [-0.2, 0) is 9.53 Å². The lowest BCUT2D eigenvalue weighted by Crippen LogP contribution is -1.98. The molecule has 0 atom stereocenters. The standard InChI is InChI=1S/C16H14N2O5/c1-2-22-16(19)10-5-12-3-7-14(8-4-12)23-15-9-6-13(11-17-15)18(20)21/h3-11H,2H2,1H3. The van der Waals surface area contributed by atoms with E-state index in [1.54, 1.807) is 37.3 Å². The summed E-state index contributed by atoms with van der Waals surface area (Å²) < 4.78 is 10.3. The zero-order chi connectivity index (χ0) is 16.7. The Morgan fingerprint density at radius 2 is 2.00 bits per heavy atom. The zero-order valence-corrected chi connectivity index (χ0v) is 12.3. The van der Waals surface area contributed by atoms with Crippen molar-refractivity contribution in [2.24, 2.45) is 0 Å². The highest BCUT2D eigenvalue weighted by Gasteiger charge is 2.06. The van der Waals surface area contributed by atoms with Gasteiger partial charge in [-0.2, -0.15) is 0 Å². The molecule has 2 aromatic rings. The van der Waals surface area contributed by atoms with Gasteiger partial charge >= 0.3 is 5.97 Å². The molecule has 0 N–H and O–H groups in total. The van der Waals surface area contributed by atoms with Gasteiger partial charge in [-0.15, -0.1) is 0 Å². The van der Waals surface area contributed by atoms with Gasteiger partial charge in [-0.05, 0) is 30.7 Å². The molecule has 0 bridgehead atoms. The Kier molecular flexibility index (Phi) is 5.40. The van der Waals surface area contributed by atoms with Crippen molar-refractivity contribution in [1.29, 1.82) is 0 Å². The van der Waals surface area contributed by atoms with E-state index in [9.17, 15) is 14.9 Å². The van der Waals surface area contributed by atoms with Crippen LogP contribution in [0.25, 0.3) is 6.08 Å². The summed E-state index contributed by atoms with van der Waals surface area (Å²) in [6.45, 7) is 2.07. The second-order valence-electron chi connectivity index (χ2n) is 4.37. The van der Waals surface area contributed by atoms with E-state index in [-0.39, 0.29) is 11.6 Å². The Morgan fingerprint density at radius 3 is 2.57 bits per heavy atom. The van der Waals surface area contributed by atoms with E-state index in [2.05, 4.69) is 4.98 Å². The Morgan fingerprint density at radius 1 is 1.26 bits per heavy atom. The van der Waals surface area contributed by atoms with Gasteiger partial charge in [0, 0.05) is 18.2 Å². The molecule has 0 spiro atoms. The molecule has 7 nitrogen and oxygen atoms in total. The molecule has 2 rings (SSSR count). The van der Waals surface area contributed by atoms with Crippen LogP contribution in [0.15, 0.2) is 48.7 Å². The highest BCUT2D eigenvalue weighted by molar-refractivity contribution is 5.87. The molecule has 0 aliphatic rings. The minimum absolute atomic E-state index is 0.100. The van der Waals surface area contributed by atoms with Crippen molar-refractivity contribution in [3.63, 3.8) is 0 Å². The number of carbonyl (C=O) groups excluding carboxylic acids is 1. The van der Waals surface area contributed by atoms with Gasteiger partial charge in [0.2, 0.25) is 5.88 Å².